The Bertz CT molecular complexity index is 592. The topological polar surface area (TPSA) is 82.2 Å². The Hall–Kier alpha value is -1.52. The van der Waals surface area contributed by atoms with Crippen molar-refractivity contribution in [3.63, 3.8) is 0 Å². The molecule has 0 bridgehead atoms. The Morgan fingerprint density at radius 2 is 2.12 bits per heavy atom. The zero-order chi connectivity index (χ0) is 11.7. The van der Waals surface area contributed by atoms with Crippen LogP contribution in [0, 0.1) is 0 Å². The normalized spacial score (nSPS) is 10.9. The molecule has 84 valence electrons. The zero-order valence-corrected chi connectivity index (χ0v) is 9.25. The van der Waals surface area contributed by atoms with Gasteiger partial charge in [0.2, 0.25) is 0 Å². The molecule has 0 saturated carbocycles. The minimum Gasteiger partial charge on any atom is -0.440 e. The van der Waals surface area contributed by atoms with Crippen molar-refractivity contribution in [2.75, 3.05) is 12.3 Å². The SMILES string of the molecule is NCCc1c(N)oc2ccc(Cl)cc2c1=O. The van der Waals surface area contributed by atoms with E-state index in [1.165, 1.54) is 0 Å². The molecule has 5 heteroatoms. The van der Waals surface area contributed by atoms with E-state index in [4.69, 9.17) is 27.5 Å². The predicted molar refractivity (Wildman–Crippen MR) is 64.7 cm³/mol. The van der Waals surface area contributed by atoms with E-state index >= 15 is 0 Å². The highest BCUT2D eigenvalue weighted by molar-refractivity contribution is 6.31. The first-order valence-corrected chi connectivity index (χ1v) is 5.22. The van der Waals surface area contributed by atoms with Crippen molar-refractivity contribution in [2.24, 2.45) is 5.73 Å². The van der Waals surface area contributed by atoms with Gasteiger partial charge >= 0.3 is 0 Å². The number of hydrogen-bond donors (Lipinski definition) is 2. The highest BCUT2D eigenvalue weighted by atomic mass is 35.5. The molecule has 1 aromatic carbocycles. The number of rotatable bonds is 2. The third-order valence-corrected chi connectivity index (χ3v) is 2.61. The summed E-state index contributed by atoms with van der Waals surface area (Å²) in [7, 11) is 0. The fourth-order valence-corrected chi connectivity index (χ4v) is 1.78. The lowest BCUT2D eigenvalue weighted by molar-refractivity contribution is 0.615. The number of nitrogens with two attached hydrogens (primary N) is 2. The average molecular weight is 239 g/mol. The van der Waals surface area contributed by atoms with Gasteiger partial charge in [-0.05, 0) is 31.2 Å². The number of hydrogen-bond acceptors (Lipinski definition) is 4. The molecule has 4 nitrogen and oxygen atoms in total. The standard InChI is InChI=1S/C11H11ClN2O2/c12-6-1-2-9-8(5-6)10(15)7(3-4-13)11(14)16-9/h1-2,5H,3-4,13-14H2. The Balaban J connectivity index is 2.80. The zero-order valence-electron chi connectivity index (χ0n) is 8.50. The van der Waals surface area contributed by atoms with Crippen LogP contribution in [0.15, 0.2) is 27.4 Å². The summed E-state index contributed by atoms with van der Waals surface area (Å²) in [5.41, 5.74) is 11.8. The van der Waals surface area contributed by atoms with Crippen LogP contribution in [0.5, 0.6) is 0 Å². The predicted octanol–water partition coefficient (Wildman–Crippen LogP) is 1.53. The van der Waals surface area contributed by atoms with Gasteiger partial charge in [-0.25, -0.2) is 0 Å². The van der Waals surface area contributed by atoms with Crippen molar-refractivity contribution < 1.29 is 4.42 Å². The Labute approximate surface area is 96.8 Å². The molecular formula is C11H11ClN2O2. The van der Waals surface area contributed by atoms with Crippen molar-refractivity contribution in [1.82, 2.24) is 0 Å². The van der Waals surface area contributed by atoms with Crippen LogP contribution in [0.4, 0.5) is 5.88 Å². The lowest BCUT2D eigenvalue weighted by Gasteiger charge is -2.05. The average Bonchev–Trinajstić information content (AvgIpc) is 2.26. The van der Waals surface area contributed by atoms with Crippen LogP contribution < -0.4 is 16.9 Å². The minimum absolute atomic E-state index is 0.130. The third-order valence-electron chi connectivity index (χ3n) is 2.37. The van der Waals surface area contributed by atoms with E-state index < -0.39 is 0 Å². The van der Waals surface area contributed by atoms with E-state index in [0.29, 0.717) is 34.5 Å². The van der Waals surface area contributed by atoms with Gasteiger partial charge in [0.05, 0.1) is 10.9 Å². The van der Waals surface area contributed by atoms with E-state index in [1.807, 2.05) is 0 Å². The molecular weight excluding hydrogens is 228 g/mol. The van der Waals surface area contributed by atoms with Crippen LogP contribution >= 0.6 is 11.6 Å². The second-order valence-electron chi connectivity index (χ2n) is 3.45. The Morgan fingerprint density at radius 1 is 1.38 bits per heavy atom. The summed E-state index contributed by atoms with van der Waals surface area (Å²) in [5.74, 6) is 0.130. The molecule has 4 N–H and O–H groups in total. The maximum absolute atomic E-state index is 12.0. The van der Waals surface area contributed by atoms with Crippen molar-refractivity contribution in [2.45, 2.75) is 6.42 Å². The summed E-state index contributed by atoms with van der Waals surface area (Å²) in [5, 5.41) is 0.924. The van der Waals surface area contributed by atoms with Crippen LogP contribution in [0.3, 0.4) is 0 Å². The van der Waals surface area contributed by atoms with Gasteiger partial charge in [-0.2, -0.15) is 0 Å². The molecule has 2 aromatic rings. The van der Waals surface area contributed by atoms with E-state index in [9.17, 15) is 4.79 Å². The molecule has 0 aliphatic heterocycles. The van der Waals surface area contributed by atoms with Gasteiger partial charge in [-0.15, -0.1) is 0 Å². The summed E-state index contributed by atoms with van der Waals surface area (Å²) >= 11 is 5.82. The van der Waals surface area contributed by atoms with Crippen LogP contribution in [0.25, 0.3) is 11.0 Å². The summed E-state index contributed by atoms with van der Waals surface area (Å²) in [6, 6.07) is 4.85. The van der Waals surface area contributed by atoms with E-state index in [2.05, 4.69) is 0 Å². The van der Waals surface area contributed by atoms with Crippen LogP contribution in [-0.4, -0.2) is 6.54 Å². The lowest BCUT2D eigenvalue weighted by Crippen LogP contribution is -2.16. The molecule has 0 radical (unpaired) electrons. The quantitative estimate of drug-likeness (QED) is 0.831. The molecule has 0 fully saturated rings. The molecule has 1 heterocycles. The van der Waals surface area contributed by atoms with E-state index in [0.717, 1.165) is 0 Å². The fourth-order valence-electron chi connectivity index (χ4n) is 1.60. The van der Waals surface area contributed by atoms with Crippen molar-refractivity contribution in [3.8, 4) is 0 Å². The van der Waals surface area contributed by atoms with Gasteiger partial charge in [0, 0.05) is 5.02 Å². The highest BCUT2D eigenvalue weighted by Crippen LogP contribution is 2.20. The van der Waals surface area contributed by atoms with Gasteiger partial charge in [0.25, 0.3) is 0 Å². The summed E-state index contributed by atoms with van der Waals surface area (Å²) in [6.07, 6.45) is 0.399. The summed E-state index contributed by atoms with van der Waals surface area (Å²) in [4.78, 5) is 12.0. The second kappa shape index (κ2) is 4.15. The van der Waals surface area contributed by atoms with Crippen LogP contribution in [-0.2, 0) is 6.42 Å². The summed E-state index contributed by atoms with van der Waals surface area (Å²) < 4.78 is 5.34. The first kappa shape index (κ1) is 11.0. The van der Waals surface area contributed by atoms with Crippen molar-refractivity contribution in [1.29, 1.82) is 0 Å². The Morgan fingerprint density at radius 3 is 2.81 bits per heavy atom. The maximum Gasteiger partial charge on any atom is 0.198 e. The number of anilines is 1. The first-order chi connectivity index (χ1) is 7.63. The second-order valence-corrected chi connectivity index (χ2v) is 3.89. The van der Waals surface area contributed by atoms with Crippen molar-refractivity contribution in [3.05, 3.63) is 39.0 Å². The van der Waals surface area contributed by atoms with Gasteiger partial charge in [-0.3, -0.25) is 4.79 Å². The number of halogens is 1. The molecule has 0 spiro atoms. The molecule has 0 amide bonds. The molecule has 0 aliphatic rings. The van der Waals surface area contributed by atoms with Crippen molar-refractivity contribution >= 4 is 28.5 Å². The van der Waals surface area contributed by atoms with E-state index in [1.54, 1.807) is 18.2 Å². The molecule has 16 heavy (non-hydrogen) atoms. The third kappa shape index (κ3) is 1.77. The minimum atomic E-state index is -0.160. The fraction of sp³-hybridized carbons (Fsp3) is 0.182. The molecule has 2 rings (SSSR count). The molecule has 1 aromatic heterocycles. The molecule has 0 saturated heterocycles. The number of benzene rings is 1. The summed E-state index contributed by atoms with van der Waals surface area (Å²) in [6.45, 7) is 0.348. The van der Waals surface area contributed by atoms with Gasteiger partial charge in [0.1, 0.15) is 5.58 Å². The van der Waals surface area contributed by atoms with Gasteiger partial charge < -0.3 is 15.9 Å². The van der Waals surface area contributed by atoms with E-state index in [-0.39, 0.29) is 11.3 Å². The highest BCUT2D eigenvalue weighted by Gasteiger charge is 2.11. The van der Waals surface area contributed by atoms with Crippen LogP contribution in [0.2, 0.25) is 5.02 Å². The number of nitrogen functional groups attached to an aromatic ring is 1. The first-order valence-electron chi connectivity index (χ1n) is 4.84. The smallest absolute Gasteiger partial charge is 0.198 e. The van der Waals surface area contributed by atoms with Crippen LogP contribution in [0.1, 0.15) is 5.56 Å². The lowest BCUT2D eigenvalue weighted by atomic mass is 10.1. The van der Waals surface area contributed by atoms with Gasteiger partial charge in [-0.1, -0.05) is 11.6 Å². The Kier molecular flexibility index (Phi) is 2.85. The number of fused-ring (bicyclic) bond motifs is 1. The molecule has 0 atom stereocenters. The molecule has 0 unspecified atom stereocenters. The maximum atomic E-state index is 12.0. The largest absolute Gasteiger partial charge is 0.440 e. The van der Waals surface area contributed by atoms with Gasteiger partial charge in [0.15, 0.2) is 11.3 Å². The monoisotopic (exact) mass is 238 g/mol. The molecule has 0 aliphatic carbocycles.